The van der Waals surface area contributed by atoms with Crippen LogP contribution in [0, 0.1) is 0 Å². The maximum absolute atomic E-state index is 12.8. The average Bonchev–Trinajstić information content (AvgIpc) is 3.35. The van der Waals surface area contributed by atoms with Crippen LogP contribution in [0.25, 0.3) is 0 Å². The molecule has 0 N–H and O–H groups in total. The Morgan fingerprint density at radius 3 is 2.19 bits per heavy atom. The highest BCUT2D eigenvalue weighted by atomic mass is 35.5. The van der Waals surface area contributed by atoms with Gasteiger partial charge < -0.3 is 4.74 Å². The minimum atomic E-state index is -3.81. The van der Waals surface area contributed by atoms with Crippen molar-refractivity contribution in [2.75, 3.05) is 26.5 Å². The lowest BCUT2D eigenvalue weighted by Crippen LogP contribution is -2.35. The van der Waals surface area contributed by atoms with Crippen LogP contribution >= 0.6 is 11.6 Å². The Morgan fingerprint density at radius 1 is 1.12 bits per heavy atom. The number of halogens is 1. The summed E-state index contributed by atoms with van der Waals surface area (Å²) in [7, 11) is -5.77. The quantitative estimate of drug-likeness (QED) is 0.525. The van der Waals surface area contributed by atoms with E-state index >= 15 is 0 Å². The van der Waals surface area contributed by atoms with Crippen LogP contribution in [-0.4, -0.2) is 52.6 Å². The van der Waals surface area contributed by atoms with Gasteiger partial charge in [-0.3, -0.25) is 0 Å². The molecule has 26 heavy (non-hydrogen) atoms. The van der Waals surface area contributed by atoms with Crippen LogP contribution in [0.2, 0.25) is 5.15 Å². The number of sulfonamides is 1. The summed E-state index contributed by atoms with van der Waals surface area (Å²) >= 11 is 5.91. The van der Waals surface area contributed by atoms with Gasteiger partial charge in [0, 0.05) is 13.3 Å². The molecule has 1 aromatic heterocycles. The van der Waals surface area contributed by atoms with E-state index in [-0.39, 0.29) is 16.3 Å². The van der Waals surface area contributed by atoms with Gasteiger partial charge in [-0.05, 0) is 36.4 Å². The van der Waals surface area contributed by atoms with Gasteiger partial charge in [0.1, 0.15) is 10.8 Å². The van der Waals surface area contributed by atoms with Crippen molar-refractivity contribution in [3.63, 3.8) is 0 Å². The average molecular weight is 417 g/mol. The zero-order chi connectivity index (χ0) is 19.2. The third kappa shape index (κ3) is 3.77. The van der Waals surface area contributed by atoms with Gasteiger partial charge in [0.15, 0.2) is 9.84 Å². The zero-order valence-corrected chi connectivity index (χ0v) is 16.5. The van der Waals surface area contributed by atoms with Crippen LogP contribution < -0.4 is 0 Å². The normalized spacial score (nSPS) is 20.3. The van der Waals surface area contributed by atoms with Crippen molar-refractivity contribution in [2.24, 2.45) is 0 Å². The molecule has 0 radical (unpaired) electrons. The first-order chi connectivity index (χ1) is 12.0. The lowest BCUT2D eigenvalue weighted by atomic mass is 10.1. The van der Waals surface area contributed by atoms with E-state index in [1.807, 2.05) is 0 Å². The van der Waals surface area contributed by atoms with E-state index in [1.54, 1.807) is 18.2 Å². The van der Waals surface area contributed by atoms with Gasteiger partial charge in [-0.25, -0.2) is 21.8 Å². The van der Waals surface area contributed by atoms with Crippen molar-refractivity contribution in [3.05, 3.63) is 53.3 Å². The summed E-state index contributed by atoms with van der Waals surface area (Å²) in [5, 5.41) is 0.305. The van der Waals surface area contributed by atoms with Gasteiger partial charge in [0.2, 0.25) is 10.0 Å². The Morgan fingerprint density at radius 2 is 1.69 bits per heavy atom. The van der Waals surface area contributed by atoms with Crippen LogP contribution in [-0.2, 0) is 30.2 Å². The van der Waals surface area contributed by atoms with Gasteiger partial charge in [0.25, 0.3) is 0 Å². The Balaban J connectivity index is 1.84. The zero-order valence-electron chi connectivity index (χ0n) is 14.1. The van der Waals surface area contributed by atoms with E-state index < -0.39 is 25.5 Å². The second-order valence-electron chi connectivity index (χ2n) is 6.13. The highest BCUT2D eigenvalue weighted by Gasteiger charge is 2.50. The number of likely N-dealkylation sites (N-methyl/N-ethyl adjacent to an activating group) is 1. The molecule has 0 spiro atoms. The summed E-state index contributed by atoms with van der Waals surface area (Å²) < 4.78 is 55.2. The largest absolute Gasteiger partial charge is 0.361 e. The maximum Gasteiger partial charge on any atom is 0.242 e. The van der Waals surface area contributed by atoms with Crippen molar-refractivity contribution in [3.8, 4) is 0 Å². The molecule has 1 unspecified atom stereocenters. The first kappa shape index (κ1) is 19.2. The van der Waals surface area contributed by atoms with Crippen LogP contribution in [0.4, 0.5) is 0 Å². The number of nitrogens with zero attached hydrogens (tertiary/aromatic N) is 2. The number of hydrogen-bond acceptors (Lipinski definition) is 6. The number of hydrogen-bond donors (Lipinski definition) is 0. The van der Waals surface area contributed by atoms with Gasteiger partial charge in [-0.1, -0.05) is 17.7 Å². The molecule has 140 valence electrons. The summed E-state index contributed by atoms with van der Waals surface area (Å²) in [5.74, 6) is 0. The Hall–Kier alpha value is -1.52. The van der Waals surface area contributed by atoms with E-state index in [4.69, 9.17) is 16.3 Å². The number of sulfone groups is 1. The number of rotatable bonds is 6. The lowest BCUT2D eigenvalue weighted by Gasteiger charge is -2.21. The molecule has 1 atom stereocenters. The first-order valence-corrected chi connectivity index (χ1v) is 11.3. The van der Waals surface area contributed by atoms with Gasteiger partial charge >= 0.3 is 0 Å². The molecule has 2 heterocycles. The first-order valence-electron chi connectivity index (χ1n) is 7.58. The molecular weight excluding hydrogens is 400 g/mol. The number of aromatic nitrogens is 1. The molecular formula is C16H17ClN2O5S2. The highest BCUT2D eigenvalue weighted by Crippen LogP contribution is 2.39. The third-order valence-corrected chi connectivity index (χ3v) is 7.27. The molecule has 0 saturated carbocycles. The van der Waals surface area contributed by atoms with Crippen LogP contribution in [0.1, 0.15) is 5.69 Å². The van der Waals surface area contributed by atoms with Crippen molar-refractivity contribution < 1.29 is 21.6 Å². The summed E-state index contributed by atoms with van der Waals surface area (Å²) in [6, 6.07) is 10.2. The Bertz CT molecular complexity index is 1030. The van der Waals surface area contributed by atoms with Crippen molar-refractivity contribution in [2.45, 2.75) is 15.4 Å². The van der Waals surface area contributed by atoms with Crippen LogP contribution in [0.5, 0.6) is 0 Å². The second-order valence-corrected chi connectivity index (χ2v) is 10.6. The Kier molecular flexibility index (Phi) is 4.87. The van der Waals surface area contributed by atoms with E-state index in [2.05, 4.69) is 4.98 Å². The number of pyridine rings is 1. The van der Waals surface area contributed by atoms with Crippen LogP contribution in [0.3, 0.4) is 0 Å². The standard InChI is InChI=1S/C16H17ClN2O5S2/c1-19(10-16(11-24-16)14-4-3-5-15(17)18-14)26(22,23)13-8-6-12(7-9-13)25(2,20)21/h3-9H,10-11H2,1-2H3. The number of ether oxygens (including phenoxy) is 1. The van der Waals surface area contributed by atoms with Gasteiger partial charge in [0.05, 0.1) is 28.6 Å². The highest BCUT2D eigenvalue weighted by molar-refractivity contribution is 7.90. The van der Waals surface area contributed by atoms with Crippen LogP contribution in [0.15, 0.2) is 52.3 Å². The fraction of sp³-hybridized carbons (Fsp3) is 0.312. The number of benzene rings is 1. The molecule has 1 fully saturated rings. The molecule has 1 aliphatic heterocycles. The van der Waals surface area contributed by atoms with E-state index in [0.29, 0.717) is 17.5 Å². The van der Waals surface area contributed by atoms with Crippen molar-refractivity contribution >= 4 is 31.5 Å². The minimum Gasteiger partial charge on any atom is -0.361 e. The molecule has 10 heteroatoms. The number of epoxide rings is 1. The molecule has 0 bridgehead atoms. The minimum absolute atomic E-state index is 0.00209. The van der Waals surface area contributed by atoms with E-state index in [1.165, 1.54) is 31.3 Å². The molecule has 1 saturated heterocycles. The van der Waals surface area contributed by atoms with E-state index in [9.17, 15) is 16.8 Å². The van der Waals surface area contributed by atoms with Crippen molar-refractivity contribution in [1.29, 1.82) is 0 Å². The smallest absolute Gasteiger partial charge is 0.242 e. The second kappa shape index (κ2) is 6.58. The fourth-order valence-corrected chi connectivity index (χ4v) is 4.57. The summed E-state index contributed by atoms with van der Waals surface area (Å²) in [6.07, 6.45) is 1.06. The lowest BCUT2D eigenvalue weighted by molar-refractivity contribution is 0.261. The van der Waals surface area contributed by atoms with Crippen molar-refractivity contribution in [1.82, 2.24) is 9.29 Å². The molecule has 3 rings (SSSR count). The molecule has 2 aromatic rings. The van der Waals surface area contributed by atoms with Gasteiger partial charge in [-0.15, -0.1) is 0 Å². The SMILES string of the molecule is CN(CC1(c2cccc(Cl)n2)CO1)S(=O)(=O)c1ccc(S(C)(=O)=O)cc1. The molecule has 0 aliphatic carbocycles. The predicted molar refractivity (Wildman–Crippen MR) is 96.2 cm³/mol. The summed E-state index contributed by atoms with van der Waals surface area (Å²) in [5.41, 5.74) is -0.251. The Labute approximate surface area is 157 Å². The monoisotopic (exact) mass is 416 g/mol. The summed E-state index contributed by atoms with van der Waals surface area (Å²) in [4.78, 5) is 4.27. The fourth-order valence-electron chi connectivity index (χ4n) is 2.55. The third-order valence-electron chi connectivity index (χ3n) is 4.11. The van der Waals surface area contributed by atoms with Gasteiger partial charge in [-0.2, -0.15) is 4.31 Å². The van der Waals surface area contributed by atoms with E-state index in [0.717, 1.165) is 10.6 Å². The molecule has 1 aromatic carbocycles. The molecule has 1 aliphatic rings. The molecule has 7 nitrogen and oxygen atoms in total. The summed E-state index contributed by atoms with van der Waals surface area (Å²) in [6.45, 7) is 0.406. The topological polar surface area (TPSA) is 96.9 Å². The maximum atomic E-state index is 12.8. The predicted octanol–water partition coefficient (Wildman–Crippen LogP) is 1.68. The molecule has 0 amide bonds.